The largest absolute Gasteiger partial charge is 0.462 e. The zero-order valence-corrected chi connectivity index (χ0v) is 17.3. The van der Waals surface area contributed by atoms with E-state index in [-0.39, 0.29) is 25.7 Å². The van der Waals surface area contributed by atoms with Crippen LogP contribution in [-0.4, -0.2) is 27.0 Å². The lowest BCUT2D eigenvalue weighted by atomic mass is 10.3. The summed E-state index contributed by atoms with van der Waals surface area (Å²) in [5.74, 6) is -1.51. The molecule has 0 spiro atoms. The van der Waals surface area contributed by atoms with Crippen LogP contribution >= 0.6 is 34.8 Å². The lowest BCUT2D eigenvalue weighted by molar-refractivity contribution is -0.145. The van der Waals surface area contributed by atoms with Crippen LogP contribution in [0.2, 0.25) is 15.1 Å². The molecule has 2 aromatic rings. The number of anilines is 1. The van der Waals surface area contributed by atoms with Crippen molar-refractivity contribution in [2.45, 2.75) is 24.8 Å². The molecule has 0 aliphatic heterocycles. The van der Waals surface area contributed by atoms with Crippen LogP contribution < -0.4 is 4.31 Å². The van der Waals surface area contributed by atoms with E-state index in [4.69, 9.17) is 39.5 Å². The van der Waals surface area contributed by atoms with E-state index in [1.807, 2.05) is 0 Å². The second-order valence-corrected chi connectivity index (χ2v) is 8.81. The van der Waals surface area contributed by atoms with E-state index >= 15 is 0 Å². The first-order valence-electron chi connectivity index (χ1n) is 7.64. The van der Waals surface area contributed by atoms with Gasteiger partial charge in [0.15, 0.2) is 0 Å². The number of carbonyl (C=O) groups is 1. The number of carbonyl (C=O) groups excluding carboxylic acids is 1. The van der Waals surface area contributed by atoms with Crippen LogP contribution in [-0.2, 0) is 19.6 Å². The third-order valence-electron chi connectivity index (χ3n) is 3.31. The van der Waals surface area contributed by atoms with Gasteiger partial charge >= 0.3 is 5.97 Å². The molecule has 0 aromatic heterocycles. The summed E-state index contributed by atoms with van der Waals surface area (Å²) in [6, 6.07) is 7.02. The topological polar surface area (TPSA) is 63.7 Å². The maximum Gasteiger partial charge on any atom is 0.327 e. The lowest BCUT2D eigenvalue weighted by Gasteiger charge is -2.24. The van der Waals surface area contributed by atoms with Crippen LogP contribution in [0.3, 0.4) is 0 Å². The van der Waals surface area contributed by atoms with Gasteiger partial charge in [-0.05, 0) is 50.2 Å². The SMILES string of the molecule is CC(C)OC(=O)CN(c1ccc(F)c(Cl)c1)S(=O)(=O)c1ccc(Cl)c(Cl)c1. The van der Waals surface area contributed by atoms with Gasteiger partial charge in [0.1, 0.15) is 12.4 Å². The number of sulfonamides is 1. The highest BCUT2D eigenvalue weighted by molar-refractivity contribution is 7.92. The normalized spacial score (nSPS) is 11.5. The Morgan fingerprint density at radius 3 is 2.30 bits per heavy atom. The van der Waals surface area contributed by atoms with Gasteiger partial charge in [-0.25, -0.2) is 12.8 Å². The van der Waals surface area contributed by atoms with E-state index in [1.54, 1.807) is 13.8 Å². The monoisotopic (exact) mass is 453 g/mol. The van der Waals surface area contributed by atoms with Crippen molar-refractivity contribution in [1.82, 2.24) is 0 Å². The fraction of sp³-hybridized carbons (Fsp3) is 0.235. The van der Waals surface area contributed by atoms with E-state index in [0.29, 0.717) is 0 Å². The van der Waals surface area contributed by atoms with E-state index in [1.165, 1.54) is 18.2 Å². The van der Waals surface area contributed by atoms with Crippen LogP contribution in [0.4, 0.5) is 10.1 Å². The van der Waals surface area contributed by atoms with Gasteiger partial charge < -0.3 is 4.74 Å². The van der Waals surface area contributed by atoms with Crippen LogP contribution in [0.1, 0.15) is 13.8 Å². The minimum Gasteiger partial charge on any atom is -0.462 e. The first-order chi connectivity index (χ1) is 12.5. The number of nitrogens with zero attached hydrogens (tertiary/aromatic N) is 1. The molecule has 0 saturated heterocycles. The Morgan fingerprint density at radius 1 is 1.07 bits per heavy atom. The second kappa shape index (κ2) is 8.65. The first-order valence-corrected chi connectivity index (χ1v) is 10.2. The molecule has 146 valence electrons. The van der Waals surface area contributed by atoms with Crippen molar-refractivity contribution in [3.8, 4) is 0 Å². The van der Waals surface area contributed by atoms with E-state index < -0.39 is 34.5 Å². The zero-order valence-electron chi connectivity index (χ0n) is 14.2. The number of halogens is 4. The molecule has 2 aromatic carbocycles. The minimum absolute atomic E-state index is 0.00632. The molecule has 0 fully saturated rings. The fourth-order valence-electron chi connectivity index (χ4n) is 2.14. The predicted molar refractivity (Wildman–Crippen MR) is 104 cm³/mol. The van der Waals surface area contributed by atoms with Gasteiger partial charge in [-0.2, -0.15) is 0 Å². The molecule has 0 heterocycles. The Hall–Kier alpha value is -1.54. The van der Waals surface area contributed by atoms with Crippen molar-refractivity contribution >= 4 is 56.5 Å². The average Bonchev–Trinajstić information content (AvgIpc) is 2.57. The van der Waals surface area contributed by atoms with Crippen LogP contribution in [0.5, 0.6) is 0 Å². The Morgan fingerprint density at radius 2 is 1.74 bits per heavy atom. The molecule has 0 aliphatic rings. The van der Waals surface area contributed by atoms with Crippen molar-refractivity contribution in [1.29, 1.82) is 0 Å². The summed E-state index contributed by atoms with van der Waals surface area (Å²) in [5.41, 5.74) is -0.00632. The Bertz CT molecular complexity index is 967. The quantitative estimate of drug-likeness (QED) is 0.580. The summed E-state index contributed by atoms with van der Waals surface area (Å²) >= 11 is 17.5. The van der Waals surface area contributed by atoms with E-state index in [0.717, 1.165) is 22.5 Å². The van der Waals surface area contributed by atoms with Crippen LogP contribution in [0, 0.1) is 5.82 Å². The number of rotatable bonds is 6. The number of hydrogen-bond donors (Lipinski definition) is 0. The highest BCUT2D eigenvalue weighted by Crippen LogP contribution is 2.30. The number of ether oxygens (including phenoxy) is 1. The summed E-state index contributed by atoms with van der Waals surface area (Å²) in [4.78, 5) is 11.9. The fourth-order valence-corrected chi connectivity index (χ4v) is 4.10. The zero-order chi connectivity index (χ0) is 20.4. The van der Waals surface area contributed by atoms with Gasteiger partial charge in [0.05, 0.1) is 31.8 Å². The Kier molecular flexibility index (Phi) is 6.97. The summed E-state index contributed by atoms with van der Waals surface area (Å²) in [6.07, 6.45) is -0.441. The van der Waals surface area contributed by atoms with Crippen molar-refractivity contribution in [3.05, 3.63) is 57.3 Å². The molecular weight excluding hydrogens is 440 g/mol. The molecule has 27 heavy (non-hydrogen) atoms. The summed E-state index contributed by atoms with van der Waals surface area (Å²) in [6.45, 7) is 2.62. The third-order valence-corrected chi connectivity index (χ3v) is 6.11. The first kappa shape index (κ1) is 21.8. The molecule has 0 aliphatic carbocycles. The molecule has 0 amide bonds. The Labute approximate surface area is 171 Å². The van der Waals surface area contributed by atoms with Crippen molar-refractivity contribution in [2.75, 3.05) is 10.8 Å². The number of hydrogen-bond acceptors (Lipinski definition) is 4. The van der Waals surface area contributed by atoms with Gasteiger partial charge in [0.2, 0.25) is 0 Å². The van der Waals surface area contributed by atoms with Crippen molar-refractivity contribution < 1.29 is 22.3 Å². The standard InChI is InChI=1S/C17H15Cl3FNO4S/c1-10(2)26-17(23)9-22(11-3-6-16(21)15(20)7-11)27(24,25)12-4-5-13(18)14(19)8-12/h3-8,10H,9H2,1-2H3. The predicted octanol–water partition coefficient (Wildman–Crippen LogP) is 4.93. The molecule has 0 radical (unpaired) electrons. The highest BCUT2D eigenvalue weighted by atomic mass is 35.5. The summed E-state index contributed by atoms with van der Waals surface area (Å²) in [5, 5.41) is -0.0927. The van der Waals surface area contributed by atoms with Gasteiger partial charge in [-0.15, -0.1) is 0 Å². The van der Waals surface area contributed by atoms with Crippen molar-refractivity contribution in [2.24, 2.45) is 0 Å². The summed E-state index contributed by atoms with van der Waals surface area (Å²) < 4.78 is 45.5. The maximum absolute atomic E-state index is 13.5. The number of benzene rings is 2. The highest BCUT2D eigenvalue weighted by Gasteiger charge is 2.29. The van der Waals surface area contributed by atoms with Crippen LogP contribution in [0.15, 0.2) is 41.3 Å². The molecule has 0 N–H and O–H groups in total. The maximum atomic E-state index is 13.5. The van der Waals surface area contributed by atoms with Gasteiger partial charge in [0.25, 0.3) is 10.0 Å². The minimum atomic E-state index is -4.25. The third kappa shape index (κ3) is 5.25. The summed E-state index contributed by atoms with van der Waals surface area (Å²) in [7, 11) is -4.25. The lowest BCUT2D eigenvalue weighted by Crippen LogP contribution is -2.37. The van der Waals surface area contributed by atoms with Gasteiger partial charge in [-0.3, -0.25) is 9.10 Å². The molecule has 0 bridgehead atoms. The van der Waals surface area contributed by atoms with Gasteiger partial charge in [-0.1, -0.05) is 34.8 Å². The van der Waals surface area contributed by atoms with E-state index in [9.17, 15) is 17.6 Å². The Balaban J connectivity index is 2.54. The average molecular weight is 455 g/mol. The second-order valence-electron chi connectivity index (χ2n) is 5.72. The molecule has 0 saturated carbocycles. The molecule has 0 unspecified atom stereocenters. The van der Waals surface area contributed by atoms with E-state index in [2.05, 4.69) is 0 Å². The smallest absolute Gasteiger partial charge is 0.327 e. The van der Waals surface area contributed by atoms with Gasteiger partial charge in [0, 0.05) is 0 Å². The molecule has 5 nitrogen and oxygen atoms in total. The molecular formula is C17H15Cl3FNO4S. The van der Waals surface area contributed by atoms with Crippen LogP contribution in [0.25, 0.3) is 0 Å². The molecule has 10 heteroatoms. The molecule has 0 atom stereocenters. The number of esters is 1. The molecule has 2 rings (SSSR count). The van der Waals surface area contributed by atoms with Crippen molar-refractivity contribution in [3.63, 3.8) is 0 Å².